The largest absolute Gasteiger partial charge is 0.444 e. The number of fused-ring (bicyclic) bond motifs is 5. The number of carbonyl (C=O) groups is 1. The Bertz CT molecular complexity index is 1610. The summed E-state index contributed by atoms with van der Waals surface area (Å²) in [5.74, 6) is 0.528. The smallest absolute Gasteiger partial charge is 0.410 e. The number of rotatable bonds is 9. The van der Waals surface area contributed by atoms with Gasteiger partial charge in [0.2, 0.25) is 5.28 Å². The maximum Gasteiger partial charge on any atom is 0.410 e. The first-order valence-electron chi connectivity index (χ1n) is 16.1. The van der Waals surface area contributed by atoms with Crippen molar-refractivity contribution in [1.29, 1.82) is 0 Å². The molecule has 6 rings (SSSR count). The lowest BCUT2D eigenvalue weighted by molar-refractivity contribution is 0.0122. The van der Waals surface area contributed by atoms with Crippen LogP contribution in [0, 0.1) is 0 Å². The number of aromatic nitrogens is 4. The number of aliphatic hydroxyl groups excluding tert-OH is 1. The number of hydrogen-bond donors (Lipinski definition) is 2. The van der Waals surface area contributed by atoms with Gasteiger partial charge in [0.05, 0.1) is 30.1 Å². The van der Waals surface area contributed by atoms with E-state index in [2.05, 4.69) is 34.5 Å². The molecular formula is C33H45ClN6O5Si. The lowest BCUT2D eigenvalue weighted by Gasteiger charge is -2.42. The van der Waals surface area contributed by atoms with Crippen molar-refractivity contribution in [3.05, 3.63) is 58.1 Å². The summed E-state index contributed by atoms with van der Waals surface area (Å²) < 4.78 is 13.4. The van der Waals surface area contributed by atoms with Crippen LogP contribution in [-0.2, 0) is 34.8 Å². The molecule has 46 heavy (non-hydrogen) atoms. The number of ether oxygens (including phenoxy) is 2. The summed E-state index contributed by atoms with van der Waals surface area (Å²) in [5.41, 5.74) is 1.86. The highest BCUT2D eigenvalue weighted by Gasteiger charge is 2.47. The summed E-state index contributed by atoms with van der Waals surface area (Å²) in [6.45, 7) is 14.2. The van der Waals surface area contributed by atoms with Gasteiger partial charge in [0.25, 0.3) is 0 Å². The quantitative estimate of drug-likeness (QED) is 0.180. The van der Waals surface area contributed by atoms with Crippen LogP contribution >= 0.6 is 11.6 Å². The molecule has 1 amide bonds. The lowest BCUT2D eigenvalue weighted by atomic mass is 9.86. The van der Waals surface area contributed by atoms with Gasteiger partial charge < -0.3 is 24.6 Å². The SMILES string of the molecule is CC(C)(C)OC(=O)N1[C@@H]2CC[C@H]1CN(c1nc(Cl)nc(CC3(O)c4ccccc4-c4nn(COCC[Si](C)(C)C)cc43)c1CO)C2. The van der Waals surface area contributed by atoms with E-state index in [0.29, 0.717) is 54.8 Å². The fourth-order valence-corrected chi connectivity index (χ4v) is 7.84. The molecule has 3 atom stereocenters. The van der Waals surface area contributed by atoms with Crippen LogP contribution in [-0.4, -0.2) is 86.4 Å². The number of halogens is 1. The topological polar surface area (TPSA) is 126 Å². The highest BCUT2D eigenvalue weighted by atomic mass is 35.5. The molecule has 11 nitrogen and oxygen atoms in total. The van der Waals surface area contributed by atoms with Crippen molar-refractivity contribution >= 4 is 31.6 Å². The van der Waals surface area contributed by atoms with Crippen LogP contribution in [0.4, 0.5) is 10.6 Å². The molecule has 0 saturated carbocycles. The Kier molecular flexibility index (Phi) is 8.73. The third-order valence-corrected chi connectivity index (χ3v) is 10.9. The summed E-state index contributed by atoms with van der Waals surface area (Å²) >= 11 is 6.55. The molecule has 0 spiro atoms. The van der Waals surface area contributed by atoms with E-state index in [1.165, 1.54) is 0 Å². The van der Waals surface area contributed by atoms with E-state index in [-0.39, 0.29) is 36.5 Å². The first-order valence-corrected chi connectivity index (χ1v) is 20.2. The van der Waals surface area contributed by atoms with E-state index in [1.807, 2.05) is 56.1 Å². The minimum absolute atomic E-state index is 0.0331. The Morgan fingerprint density at radius 2 is 1.80 bits per heavy atom. The van der Waals surface area contributed by atoms with E-state index in [1.54, 1.807) is 4.68 Å². The van der Waals surface area contributed by atoms with Gasteiger partial charge in [0, 0.05) is 57.1 Å². The number of hydrogen-bond acceptors (Lipinski definition) is 9. The third kappa shape index (κ3) is 6.42. The van der Waals surface area contributed by atoms with Crippen LogP contribution in [0.15, 0.2) is 30.5 Å². The van der Waals surface area contributed by atoms with Crippen molar-refractivity contribution in [2.75, 3.05) is 24.6 Å². The first-order chi connectivity index (χ1) is 21.7. The van der Waals surface area contributed by atoms with Gasteiger partial charge in [-0.05, 0) is 56.8 Å². The Hall–Kier alpha value is -3.03. The fourth-order valence-electron chi connectivity index (χ4n) is 6.90. The van der Waals surface area contributed by atoms with Crippen molar-refractivity contribution < 1.29 is 24.5 Å². The molecule has 1 unspecified atom stereocenters. The second kappa shape index (κ2) is 12.2. The molecule has 248 valence electrons. The van der Waals surface area contributed by atoms with Gasteiger partial charge in [-0.15, -0.1) is 0 Å². The van der Waals surface area contributed by atoms with Crippen LogP contribution in [0.3, 0.4) is 0 Å². The number of benzene rings is 1. The van der Waals surface area contributed by atoms with E-state index in [0.717, 1.165) is 30.0 Å². The fraction of sp³-hybridized carbons (Fsp3) is 0.576. The van der Waals surface area contributed by atoms with Gasteiger partial charge in [0.1, 0.15) is 23.8 Å². The summed E-state index contributed by atoms with van der Waals surface area (Å²) in [6.07, 6.45) is 3.31. The van der Waals surface area contributed by atoms with Crippen molar-refractivity contribution in [1.82, 2.24) is 24.6 Å². The number of piperazine rings is 1. The second-order valence-corrected chi connectivity index (χ2v) is 20.9. The molecule has 1 aromatic carbocycles. The van der Waals surface area contributed by atoms with E-state index in [9.17, 15) is 15.0 Å². The third-order valence-electron chi connectivity index (χ3n) is 9.07. The van der Waals surface area contributed by atoms with Gasteiger partial charge in [-0.3, -0.25) is 4.90 Å². The Morgan fingerprint density at radius 3 is 2.46 bits per heavy atom. The maximum atomic E-state index is 13.1. The standard InChI is InChI=1S/C33H45ClN6O5Si/c1-32(2,3)45-31(42)40-21-11-12-22(40)17-38(16-21)29-24(19-41)27(35-30(34)36-29)15-33(43)25-10-8-7-9-23(25)28-26(33)18-39(37-28)20-44-13-14-46(4,5)6/h7-10,18,21-22,41,43H,11-17,19-20H2,1-6H3/t21-,22+,33?. The minimum Gasteiger partial charge on any atom is -0.444 e. The summed E-state index contributed by atoms with van der Waals surface area (Å²) in [4.78, 5) is 26.1. The number of aliphatic hydroxyl groups is 2. The lowest BCUT2D eigenvalue weighted by Crippen LogP contribution is -2.57. The molecule has 2 N–H and O–H groups in total. The highest BCUT2D eigenvalue weighted by Crippen LogP contribution is 2.49. The highest BCUT2D eigenvalue weighted by molar-refractivity contribution is 6.76. The normalized spacial score (nSPS) is 22.3. The van der Waals surface area contributed by atoms with Crippen LogP contribution in [0.25, 0.3) is 11.3 Å². The van der Waals surface area contributed by atoms with Crippen LogP contribution < -0.4 is 4.90 Å². The van der Waals surface area contributed by atoms with Gasteiger partial charge >= 0.3 is 6.09 Å². The van der Waals surface area contributed by atoms with Crippen molar-refractivity contribution in [3.63, 3.8) is 0 Å². The van der Waals surface area contributed by atoms with Crippen molar-refractivity contribution in [2.45, 2.75) is 102 Å². The predicted octanol–water partition coefficient (Wildman–Crippen LogP) is 5.18. The molecule has 1 aliphatic carbocycles. The zero-order valence-electron chi connectivity index (χ0n) is 27.6. The van der Waals surface area contributed by atoms with Crippen LogP contribution in [0.2, 0.25) is 31.0 Å². The molecule has 2 aliphatic heterocycles. The average Bonchev–Trinajstić information content (AvgIpc) is 3.58. The number of nitrogens with zero attached hydrogens (tertiary/aromatic N) is 6. The number of anilines is 1. The van der Waals surface area contributed by atoms with Crippen molar-refractivity contribution in [2.24, 2.45) is 0 Å². The predicted molar refractivity (Wildman–Crippen MR) is 179 cm³/mol. The van der Waals surface area contributed by atoms with Crippen LogP contribution in [0.1, 0.15) is 56.0 Å². The number of amides is 1. The molecule has 2 bridgehead atoms. The van der Waals surface area contributed by atoms with Crippen LogP contribution in [0.5, 0.6) is 0 Å². The van der Waals surface area contributed by atoms with E-state index in [4.69, 9.17) is 26.2 Å². The summed E-state index contributed by atoms with van der Waals surface area (Å²) in [5, 5.41) is 28.0. The molecular weight excluding hydrogens is 624 g/mol. The van der Waals surface area contributed by atoms with E-state index < -0.39 is 19.3 Å². The molecule has 2 saturated heterocycles. The first kappa shape index (κ1) is 32.9. The molecule has 4 heterocycles. The zero-order chi connectivity index (χ0) is 33.0. The second-order valence-electron chi connectivity index (χ2n) is 14.9. The molecule has 0 radical (unpaired) electrons. The minimum atomic E-state index is -1.46. The zero-order valence-corrected chi connectivity index (χ0v) is 29.3. The molecule has 3 aliphatic rings. The summed E-state index contributed by atoms with van der Waals surface area (Å²) in [6, 6.07) is 8.65. The molecule has 2 fully saturated rings. The Morgan fingerprint density at radius 1 is 1.11 bits per heavy atom. The maximum absolute atomic E-state index is 13.1. The molecule has 2 aromatic heterocycles. The Balaban J connectivity index is 1.28. The Labute approximate surface area is 276 Å². The summed E-state index contributed by atoms with van der Waals surface area (Å²) in [7, 11) is -1.23. The van der Waals surface area contributed by atoms with Gasteiger partial charge in [-0.25, -0.2) is 19.4 Å². The van der Waals surface area contributed by atoms with Crippen molar-refractivity contribution in [3.8, 4) is 11.3 Å². The molecule has 13 heteroatoms. The van der Waals surface area contributed by atoms with Gasteiger partial charge in [0.15, 0.2) is 0 Å². The van der Waals surface area contributed by atoms with Gasteiger partial charge in [-0.2, -0.15) is 5.10 Å². The van der Waals surface area contributed by atoms with Gasteiger partial charge in [-0.1, -0.05) is 43.9 Å². The monoisotopic (exact) mass is 668 g/mol. The van der Waals surface area contributed by atoms with E-state index >= 15 is 0 Å². The number of carbonyl (C=O) groups excluding carboxylic acids is 1. The molecule has 3 aromatic rings. The average molecular weight is 669 g/mol.